The zero-order valence-corrected chi connectivity index (χ0v) is 14.4. The molecule has 2 fully saturated rings. The summed E-state index contributed by atoms with van der Waals surface area (Å²) in [6.07, 6.45) is 3.19. The van der Waals surface area contributed by atoms with Gasteiger partial charge in [0, 0.05) is 25.3 Å². The Labute approximate surface area is 139 Å². The molecule has 2 aliphatic heterocycles. The van der Waals surface area contributed by atoms with Crippen molar-refractivity contribution < 1.29 is 4.79 Å². The molecule has 0 spiro atoms. The van der Waals surface area contributed by atoms with Crippen molar-refractivity contribution in [1.29, 1.82) is 0 Å². The Morgan fingerprint density at radius 3 is 2.61 bits per heavy atom. The summed E-state index contributed by atoms with van der Waals surface area (Å²) in [5.74, 6) is 0.928. The van der Waals surface area contributed by atoms with Gasteiger partial charge in [0.1, 0.15) is 6.04 Å². The molecule has 0 radical (unpaired) electrons. The number of nitrogens with two attached hydrogens (primary N) is 1. The van der Waals surface area contributed by atoms with Crippen LogP contribution in [0.1, 0.15) is 33.1 Å². The molecule has 3 rings (SSSR count). The van der Waals surface area contributed by atoms with E-state index >= 15 is 0 Å². The van der Waals surface area contributed by atoms with Gasteiger partial charge in [-0.15, -0.1) is 0 Å². The van der Waals surface area contributed by atoms with Gasteiger partial charge in [-0.1, -0.05) is 32.0 Å². The van der Waals surface area contributed by atoms with E-state index in [1.54, 1.807) is 0 Å². The Morgan fingerprint density at radius 1 is 1.26 bits per heavy atom. The Kier molecular flexibility index (Phi) is 4.62. The van der Waals surface area contributed by atoms with Gasteiger partial charge in [0.15, 0.2) is 0 Å². The van der Waals surface area contributed by atoms with Gasteiger partial charge < -0.3 is 15.5 Å². The molecule has 2 heterocycles. The Morgan fingerprint density at radius 2 is 1.96 bits per heavy atom. The Hall–Kier alpha value is -1.55. The van der Waals surface area contributed by atoms with Crippen LogP contribution in [0.2, 0.25) is 0 Å². The van der Waals surface area contributed by atoms with E-state index in [-0.39, 0.29) is 11.5 Å². The highest BCUT2D eigenvalue weighted by Crippen LogP contribution is 2.33. The minimum absolute atomic E-state index is 0.0286. The predicted octanol–water partition coefficient (Wildman–Crippen LogP) is 2.49. The lowest BCUT2D eigenvalue weighted by Crippen LogP contribution is -2.56. The highest BCUT2D eigenvalue weighted by Gasteiger charge is 2.40. The lowest BCUT2D eigenvalue weighted by Gasteiger charge is -2.44. The zero-order chi connectivity index (χ0) is 16.4. The average Bonchev–Trinajstić information content (AvgIpc) is 3.00. The van der Waals surface area contributed by atoms with Crippen molar-refractivity contribution in [1.82, 2.24) is 4.90 Å². The van der Waals surface area contributed by atoms with Crippen molar-refractivity contribution in [3.63, 3.8) is 0 Å². The van der Waals surface area contributed by atoms with Gasteiger partial charge in [0.25, 0.3) is 0 Å². The fraction of sp³-hybridized carbons (Fsp3) is 0.632. The van der Waals surface area contributed by atoms with Crippen molar-refractivity contribution in [2.75, 3.05) is 31.1 Å². The number of rotatable bonds is 5. The van der Waals surface area contributed by atoms with Gasteiger partial charge in [-0.3, -0.25) is 4.79 Å². The van der Waals surface area contributed by atoms with Crippen molar-refractivity contribution in [3.05, 3.63) is 30.3 Å². The largest absolute Gasteiger partial charge is 0.360 e. The van der Waals surface area contributed by atoms with E-state index in [0.29, 0.717) is 18.4 Å². The maximum absolute atomic E-state index is 12.9. The lowest BCUT2D eigenvalue weighted by molar-refractivity contribution is -0.139. The Balaban J connectivity index is 1.57. The highest BCUT2D eigenvalue weighted by atomic mass is 16.2. The maximum atomic E-state index is 12.9. The Bertz CT molecular complexity index is 537. The van der Waals surface area contributed by atoms with Gasteiger partial charge in [-0.05, 0) is 49.3 Å². The molecule has 1 atom stereocenters. The second-order valence-electron chi connectivity index (χ2n) is 7.87. The van der Waals surface area contributed by atoms with Crippen molar-refractivity contribution in [2.24, 2.45) is 17.1 Å². The summed E-state index contributed by atoms with van der Waals surface area (Å²) in [6, 6.07) is 10.4. The van der Waals surface area contributed by atoms with E-state index in [0.717, 1.165) is 38.9 Å². The smallest absolute Gasteiger partial charge is 0.245 e. The van der Waals surface area contributed by atoms with Gasteiger partial charge in [0.2, 0.25) is 5.91 Å². The topological polar surface area (TPSA) is 49.6 Å². The minimum Gasteiger partial charge on any atom is -0.360 e. The van der Waals surface area contributed by atoms with Crippen LogP contribution in [0.5, 0.6) is 0 Å². The average molecular weight is 315 g/mol. The number of carbonyl (C=O) groups is 1. The summed E-state index contributed by atoms with van der Waals surface area (Å²) in [6.45, 7) is 7.93. The molecule has 0 saturated carbocycles. The maximum Gasteiger partial charge on any atom is 0.245 e. The van der Waals surface area contributed by atoms with Crippen molar-refractivity contribution >= 4 is 11.6 Å². The molecule has 0 bridgehead atoms. The monoisotopic (exact) mass is 315 g/mol. The van der Waals surface area contributed by atoms with E-state index in [2.05, 4.69) is 30.9 Å². The number of nitrogens with zero attached hydrogens (tertiary/aromatic N) is 2. The van der Waals surface area contributed by atoms with E-state index < -0.39 is 0 Å². The van der Waals surface area contributed by atoms with Crippen LogP contribution in [0.3, 0.4) is 0 Å². The molecule has 4 nitrogen and oxygen atoms in total. The third kappa shape index (κ3) is 3.52. The van der Waals surface area contributed by atoms with Crippen LogP contribution in [-0.2, 0) is 4.79 Å². The summed E-state index contributed by atoms with van der Waals surface area (Å²) in [7, 11) is 0. The van der Waals surface area contributed by atoms with Crippen LogP contribution in [-0.4, -0.2) is 43.0 Å². The molecule has 2 aliphatic rings. The predicted molar refractivity (Wildman–Crippen MR) is 94.3 cm³/mol. The quantitative estimate of drug-likeness (QED) is 0.908. The number of anilines is 1. The molecule has 0 aliphatic carbocycles. The van der Waals surface area contributed by atoms with Crippen LogP contribution in [0.4, 0.5) is 5.69 Å². The van der Waals surface area contributed by atoms with E-state index in [4.69, 9.17) is 5.73 Å². The molecule has 4 heteroatoms. The molecule has 0 aromatic heterocycles. The van der Waals surface area contributed by atoms with Gasteiger partial charge in [0.05, 0.1) is 0 Å². The van der Waals surface area contributed by atoms with E-state index in [1.165, 1.54) is 5.69 Å². The summed E-state index contributed by atoms with van der Waals surface area (Å²) in [4.78, 5) is 17.2. The third-order valence-electron chi connectivity index (χ3n) is 5.29. The minimum atomic E-state index is 0.0286. The van der Waals surface area contributed by atoms with Gasteiger partial charge in [-0.25, -0.2) is 0 Å². The molecular formula is C19H29N3O. The number of para-hydroxylation sites is 1. The van der Waals surface area contributed by atoms with Crippen LogP contribution >= 0.6 is 0 Å². The first-order valence-corrected chi connectivity index (χ1v) is 8.81. The summed E-state index contributed by atoms with van der Waals surface area (Å²) in [5, 5.41) is 0. The van der Waals surface area contributed by atoms with Crippen molar-refractivity contribution in [2.45, 2.75) is 39.2 Å². The zero-order valence-electron chi connectivity index (χ0n) is 14.4. The summed E-state index contributed by atoms with van der Waals surface area (Å²) < 4.78 is 0. The molecule has 126 valence electrons. The first kappa shape index (κ1) is 16.3. The third-order valence-corrected chi connectivity index (χ3v) is 5.29. The number of carbonyl (C=O) groups excluding carboxylic acids is 1. The molecule has 1 aromatic rings. The van der Waals surface area contributed by atoms with E-state index in [9.17, 15) is 4.79 Å². The second-order valence-corrected chi connectivity index (χ2v) is 7.87. The van der Waals surface area contributed by atoms with E-state index in [1.807, 2.05) is 23.1 Å². The number of benzene rings is 1. The van der Waals surface area contributed by atoms with Gasteiger partial charge >= 0.3 is 0 Å². The molecule has 2 N–H and O–H groups in total. The highest BCUT2D eigenvalue weighted by molar-refractivity contribution is 5.86. The van der Waals surface area contributed by atoms with Gasteiger partial charge in [-0.2, -0.15) is 0 Å². The summed E-state index contributed by atoms with van der Waals surface area (Å²) >= 11 is 0. The lowest BCUT2D eigenvalue weighted by atomic mass is 9.79. The number of amides is 1. The fourth-order valence-corrected chi connectivity index (χ4v) is 3.91. The number of likely N-dealkylation sites (tertiary alicyclic amines) is 1. The fourth-order valence-electron chi connectivity index (χ4n) is 3.91. The second kappa shape index (κ2) is 6.52. The van der Waals surface area contributed by atoms with Crippen LogP contribution in [0.25, 0.3) is 0 Å². The molecule has 23 heavy (non-hydrogen) atoms. The van der Waals surface area contributed by atoms with Crippen LogP contribution < -0.4 is 10.6 Å². The normalized spacial score (nSPS) is 22.3. The first-order chi connectivity index (χ1) is 11.0. The number of hydrogen-bond donors (Lipinski definition) is 1. The molecule has 1 amide bonds. The van der Waals surface area contributed by atoms with Crippen molar-refractivity contribution in [3.8, 4) is 0 Å². The first-order valence-electron chi connectivity index (χ1n) is 8.81. The molecular weight excluding hydrogens is 286 g/mol. The van der Waals surface area contributed by atoms with Crippen LogP contribution in [0.15, 0.2) is 30.3 Å². The van der Waals surface area contributed by atoms with Crippen LogP contribution in [0, 0.1) is 11.3 Å². The summed E-state index contributed by atoms with van der Waals surface area (Å²) in [5.41, 5.74) is 7.18. The molecule has 1 unspecified atom stereocenters. The SMILES string of the molecule is CC(C)(CN)CC1CN(C(=O)C2CCCN2c2ccccc2)C1. The molecule has 1 aromatic carbocycles. The standard InChI is InChI=1S/C19H29N3O/c1-19(2,14-20)11-15-12-21(13-15)18(23)17-9-6-10-22(17)16-7-4-3-5-8-16/h3-5,7-8,15,17H,6,9-14,20H2,1-2H3. The molecule has 2 saturated heterocycles. The number of hydrogen-bond acceptors (Lipinski definition) is 3.